The number of ether oxygens (including phenoxy) is 1. The Balaban J connectivity index is 1.53. The smallest absolute Gasteiger partial charge is 0.259 e. The summed E-state index contributed by atoms with van der Waals surface area (Å²) in [5.74, 6) is 0.658. The molecule has 25 heavy (non-hydrogen) atoms. The number of hydrogen-bond donors (Lipinski definition) is 0. The lowest BCUT2D eigenvalue weighted by Gasteiger charge is -2.38. The van der Waals surface area contributed by atoms with Gasteiger partial charge in [-0.25, -0.2) is 4.68 Å². The first kappa shape index (κ1) is 16.3. The van der Waals surface area contributed by atoms with E-state index in [0.717, 1.165) is 31.4 Å². The number of piperidine rings is 1. The highest BCUT2D eigenvalue weighted by Crippen LogP contribution is 2.41. The van der Waals surface area contributed by atoms with Crippen LogP contribution in [-0.2, 0) is 11.3 Å². The Kier molecular flexibility index (Phi) is 4.07. The van der Waals surface area contributed by atoms with Gasteiger partial charge >= 0.3 is 0 Å². The lowest BCUT2D eigenvalue weighted by atomic mass is 9.96. The van der Waals surface area contributed by atoms with E-state index in [4.69, 9.17) is 9.26 Å². The van der Waals surface area contributed by atoms with Crippen LogP contribution < -0.4 is 0 Å². The summed E-state index contributed by atoms with van der Waals surface area (Å²) >= 11 is 0. The Morgan fingerprint density at radius 2 is 2.00 bits per heavy atom. The first-order chi connectivity index (χ1) is 12.1. The third-order valence-electron chi connectivity index (χ3n) is 5.41. The van der Waals surface area contributed by atoms with E-state index in [-0.39, 0.29) is 24.0 Å². The number of hydrogen-bond acceptors (Lipinski definition) is 6. The minimum absolute atomic E-state index is 0.0564. The van der Waals surface area contributed by atoms with Crippen LogP contribution in [0.4, 0.5) is 0 Å². The fourth-order valence-electron chi connectivity index (χ4n) is 4.32. The molecule has 0 aliphatic carbocycles. The maximum atomic E-state index is 13.1. The first-order valence-electron chi connectivity index (χ1n) is 8.73. The van der Waals surface area contributed by atoms with E-state index in [1.807, 2.05) is 17.8 Å². The minimum atomic E-state index is 0.0564. The van der Waals surface area contributed by atoms with Crippen LogP contribution >= 0.6 is 0 Å². The third-order valence-corrected chi connectivity index (χ3v) is 5.41. The van der Waals surface area contributed by atoms with Crippen molar-refractivity contribution in [1.29, 1.82) is 0 Å². The molecular formula is C17H23N5O3. The van der Waals surface area contributed by atoms with Gasteiger partial charge in [0.1, 0.15) is 17.0 Å². The number of aromatic nitrogens is 4. The standard InChI is InChI=1S/C17H23N5O3/c1-10-16(11(2)25-19-10)17(23)22-13-4-5-14(22)7-15(6-13)21-8-12(9-24-3)18-20-21/h8,13-15H,4-7,9H2,1-3H3. The molecule has 0 aromatic carbocycles. The molecule has 4 heterocycles. The van der Waals surface area contributed by atoms with Crippen molar-refractivity contribution in [1.82, 2.24) is 25.1 Å². The SMILES string of the molecule is COCc1cn(C2CC3CCC(C2)N3C(=O)c2c(C)noc2C)nn1. The summed E-state index contributed by atoms with van der Waals surface area (Å²) in [5, 5.41) is 12.3. The van der Waals surface area contributed by atoms with Crippen LogP contribution in [0.3, 0.4) is 0 Å². The molecule has 2 saturated heterocycles. The Morgan fingerprint density at radius 3 is 2.60 bits per heavy atom. The summed E-state index contributed by atoms with van der Waals surface area (Å²) < 4.78 is 12.2. The molecule has 2 aromatic rings. The molecule has 8 nitrogen and oxygen atoms in total. The van der Waals surface area contributed by atoms with Crippen LogP contribution in [0.5, 0.6) is 0 Å². The number of amides is 1. The maximum absolute atomic E-state index is 13.1. The molecular weight excluding hydrogens is 322 g/mol. The maximum Gasteiger partial charge on any atom is 0.259 e. The highest BCUT2D eigenvalue weighted by atomic mass is 16.5. The summed E-state index contributed by atoms with van der Waals surface area (Å²) in [6.45, 7) is 4.09. The van der Waals surface area contributed by atoms with Crippen molar-refractivity contribution in [2.75, 3.05) is 7.11 Å². The number of carbonyl (C=O) groups excluding carboxylic acids is 1. The average molecular weight is 345 g/mol. The molecule has 134 valence electrons. The number of fused-ring (bicyclic) bond motifs is 2. The van der Waals surface area contributed by atoms with Gasteiger partial charge in [0.25, 0.3) is 5.91 Å². The largest absolute Gasteiger partial charge is 0.378 e. The Morgan fingerprint density at radius 1 is 1.28 bits per heavy atom. The molecule has 0 saturated carbocycles. The lowest BCUT2D eigenvalue weighted by Crippen LogP contribution is -2.47. The molecule has 2 fully saturated rings. The molecule has 2 aliphatic heterocycles. The van der Waals surface area contributed by atoms with Crippen LogP contribution in [0.25, 0.3) is 0 Å². The zero-order valence-corrected chi connectivity index (χ0v) is 14.8. The summed E-state index contributed by atoms with van der Waals surface area (Å²) in [6.07, 6.45) is 5.84. The van der Waals surface area contributed by atoms with E-state index >= 15 is 0 Å². The van der Waals surface area contributed by atoms with Gasteiger partial charge in [0.05, 0.1) is 24.5 Å². The highest BCUT2D eigenvalue weighted by Gasteiger charge is 2.45. The van der Waals surface area contributed by atoms with Gasteiger partial charge < -0.3 is 14.2 Å². The quantitative estimate of drug-likeness (QED) is 0.843. The summed E-state index contributed by atoms with van der Waals surface area (Å²) in [5.41, 5.74) is 2.13. The molecule has 2 unspecified atom stereocenters. The molecule has 2 bridgehead atoms. The molecule has 1 amide bonds. The van der Waals surface area contributed by atoms with Gasteiger partial charge in [-0.1, -0.05) is 10.4 Å². The number of methoxy groups -OCH3 is 1. The number of nitrogens with zero attached hydrogens (tertiary/aromatic N) is 5. The normalized spacial score (nSPS) is 25.6. The van der Waals surface area contributed by atoms with Crippen LogP contribution in [0, 0.1) is 13.8 Å². The van der Waals surface area contributed by atoms with Crippen LogP contribution in [-0.4, -0.2) is 50.2 Å². The van der Waals surface area contributed by atoms with E-state index in [2.05, 4.69) is 20.4 Å². The molecule has 4 rings (SSSR count). The fraction of sp³-hybridized carbons (Fsp3) is 0.647. The predicted octanol–water partition coefficient (Wildman–Crippen LogP) is 2.04. The van der Waals surface area contributed by atoms with Crippen molar-refractivity contribution in [3.63, 3.8) is 0 Å². The average Bonchev–Trinajstić information content (AvgIpc) is 3.25. The zero-order chi connectivity index (χ0) is 17.6. The van der Waals surface area contributed by atoms with E-state index in [0.29, 0.717) is 23.6 Å². The van der Waals surface area contributed by atoms with Gasteiger partial charge in [-0.05, 0) is 39.5 Å². The Labute approximate surface area is 146 Å². The van der Waals surface area contributed by atoms with Crippen molar-refractivity contribution in [2.24, 2.45) is 0 Å². The van der Waals surface area contributed by atoms with Gasteiger partial charge in [0, 0.05) is 19.2 Å². The van der Waals surface area contributed by atoms with Crippen LogP contribution in [0.15, 0.2) is 10.7 Å². The van der Waals surface area contributed by atoms with Gasteiger partial charge in [-0.3, -0.25) is 4.79 Å². The molecule has 0 radical (unpaired) electrons. The lowest BCUT2D eigenvalue weighted by molar-refractivity contribution is 0.0520. The summed E-state index contributed by atoms with van der Waals surface area (Å²) in [6, 6.07) is 0.754. The second-order valence-electron chi connectivity index (χ2n) is 7.04. The molecule has 0 N–H and O–H groups in total. The zero-order valence-electron chi connectivity index (χ0n) is 14.8. The van der Waals surface area contributed by atoms with Crippen molar-refractivity contribution in [2.45, 2.75) is 64.3 Å². The van der Waals surface area contributed by atoms with E-state index < -0.39 is 0 Å². The van der Waals surface area contributed by atoms with Crippen molar-refractivity contribution in [3.05, 3.63) is 28.9 Å². The van der Waals surface area contributed by atoms with Gasteiger partial charge in [-0.15, -0.1) is 5.10 Å². The number of rotatable bonds is 4. The summed E-state index contributed by atoms with van der Waals surface area (Å²) in [4.78, 5) is 15.1. The second-order valence-corrected chi connectivity index (χ2v) is 7.04. The molecule has 0 spiro atoms. The Bertz CT molecular complexity index is 750. The van der Waals surface area contributed by atoms with Gasteiger partial charge in [-0.2, -0.15) is 0 Å². The topological polar surface area (TPSA) is 86.3 Å². The van der Waals surface area contributed by atoms with Gasteiger partial charge in [0.15, 0.2) is 0 Å². The number of aryl methyl sites for hydroxylation is 2. The highest BCUT2D eigenvalue weighted by molar-refractivity contribution is 5.96. The molecule has 8 heteroatoms. The molecule has 2 aliphatic rings. The fourth-order valence-corrected chi connectivity index (χ4v) is 4.32. The van der Waals surface area contributed by atoms with Crippen LogP contribution in [0.2, 0.25) is 0 Å². The first-order valence-corrected chi connectivity index (χ1v) is 8.73. The van der Waals surface area contributed by atoms with Crippen LogP contribution in [0.1, 0.15) is 59.2 Å². The number of carbonyl (C=O) groups is 1. The van der Waals surface area contributed by atoms with E-state index in [9.17, 15) is 4.79 Å². The third kappa shape index (κ3) is 2.74. The van der Waals surface area contributed by atoms with Crippen molar-refractivity contribution < 1.29 is 14.1 Å². The summed E-state index contributed by atoms with van der Waals surface area (Å²) in [7, 11) is 1.65. The van der Waals surface area contributed by atoms with E-state index in [1.54, 1.807) is 14.0 Å². The monoisotopic (exact) mass is 345 g/mol. The predicted molar refractivity (Wildman–Crippen MR) is 88.0 cm³/mol. The second kappa shape index (κ2) is 6.25. The van der Waals surface area contributed by atoms with E-state index in [1.165, 1.54) is 0 Å². The van der Waals surface area contributed by atoms with Crippen molar-refractivity contribution >= 4 is 5.91 Å². The molecule has 2 aromatic heterocycles. The minimum Gasteiger partial charge on any atom is -0.378 e. The van der Waals surface area contributed by atoms with Crippen molar-refractivity contribution in [3.8, 4) is 0 Å². The Hall–Kier alpha value is -2.22. The van der Waals surface area contributed by atoms with Gasteiger partial charge in [0.2, 0.25) is 0 Å². The molecule has 2 atom stereocenters.